The molecule has 0 saturated heterocycles. The summed E-state index contributed by atoms with van der Waals surface area (Å²) in [5.74, 6) is 0.653. The van der Waals surface area contributed by atoms with Crippen molar-refractivity contribution in [3.63, 3.8) is 0 Å². The Morgan fingerprint density at radius 3 is 1.62 bits per heavy atom. The van der Waals surface area contributed by atoms with Crippen LogP contribution >= 0.6 is 9.69 Å². The van der Waals surface area contributed by atoms with Crippen LogP contribution in [0.15, 0.2) is 84.9 Å². The van der Waals surface area contributed by atoms with E-state index in [1.165, 1.54) is 11.1 Å². The second-order valence-electron chi connectivity index (χ2n) is 7.70. The third-order valence-corrected chi connectivity index (χ3v) is 5.32. The van der Waals surface area contributed by atoms with Gasteiger partial charge in [-0.2, -0.15) is 0 Å². The van der Waals surface area contributed by atoms with Crippen molar-refractivity contribution in [2.75, 3.05) is 6.26 Å². The molecule has 0 fully saturated rings. The first kappa shape index (κ1) is 28.5. The molecule has 3 aromatic rings. The number of benzene rings is 3. The number of hydrogen-bond donors (Lipinski definition) is 1. The fraction of sp³-hybridized carbons (Fsp3) is 0.280. The summed E-state index contributed by atoms with van der Waals surface area (Å²) in [6, 6.07) is 26.2. The van der Waals surface area contributed by atoms with Gasteiger partial charge in [-0.05, 0) is 24.0 Å². The van der Waals surface area contributed by atoms with E-state index < -0.39 is 22.1 Å². The van der Waals surface area contributed by atoms with E-state index in [0.717, 1.165) is 17.4 Å². The minimum absolute atomic E-state index is 0.506. The zero-order chi connectivity index (χ0) is 24.1. The Balaban J connectivity index is 0.000000358. The molecule has 2 N–H and O–H groups in total. The standard InChI is InChI=1S/C15H17N2O2S.C10H14.ClH.Ru/c1-20(18,19)17-15(13-10-6-3-7-11-13)14(16)12-8-4-2-5-9-12;1-8(2)10-6-4-9(3)5-7-10;;/h2-11,14-15H,16H2,1H3;4-8H,1-3H3;1H;/q-1;;;+2/p-1/t14-,15-;;;/m1.../s1. The summed E-state index contributed by atoms with van der Waals surface area (Å²) in [5.41, 5.74) is 10.6. The predicted octanol–water partition coefficient (Wildman–Crippen LogP) is 6.57. The molecule has 3 rings (SSSR count). The van der Waals surface area contributed by atoms with E-state index in [4.69, 9.17) is 5.73 Å². The summed E-state index contributed by atoms with van der Waals surface area (Å²) >= 11 is 1.82. The van der Waals surface area contributed by atoms with Gasteiger partial charge in [0.2, 0.25) is 0 Å². The van der Waals surface area contributed by atoms with Crippen LogP contribution in [-0.4, -0.2) is 14.7 Å². The van der Waals surface area contributed by atoms with Crippen molar-refractivity contribution in [2.45, 2.75) is 38.8 Å². The second-order valence-corrected chi connectivity index (χ2v) is 9.37. The normalized spacial score (nSPS) is 12.6. The summed E-state index contributed by atoms with van der Waals surface area (Å²) in [6.45, 7) is 6.54. The third kappa shape index (κ3) is 10.4. The first-order chi connectivity index (χ1) is 15.2. The molecule has 0 aliphatic carbocycles. The van der Waals surface area contributed by atoms with Crippen LogP contribution in [-0.2, 0) is 27.3 Å². The molecule has 4 nitrogen and oxygen atoms in total. The number of halogens is 1. The van der Waals surface area contributed by atoms with Crippen molar-refractivity contribution in [3.05, 3.63) is 112 Å². The molecule has 0 spiro atoms. The fourth-order valence-electron chi connectivity index (χ4n) is 3.00. The van der Waals surface area contributed by atoms with Gasteiger partial charge in [0.25, 0.3) is 0 Å². The molecule has 32 heavy (non-hydrogen) atoms. The van der Waals surface area contributed by atoms with Crippen LogP contribution in [0.25, 0.3) is 4.72 Å². The molecule has 0 unspecified atom stereocenters. The number of hydrogen-bond acceptors (Lipinski definition) is 3. The van der Waals surface area contributed by atoms with E-state index in [0.29, 0.717) is 5.92 Å². The summed E-state index contributed by atoms with van der Waals surface area (Å²) < 4.78 is 27.0. The molecular formula is C25H31ClN2O2RuS. The van der Waals surface area contributed by atoms with Gasteiger partial charge in [0.05, 0.1) is 10.0 Å². The van der Waals surface area contributed by atoms with Crippen LogP contribution in [0, 0.1) is 6.92 Å². The van der Waals surface area contributed by atoms with Gasteiger partial charge in [0.15, 0.2) is 0 Å². The average Bonchev–Trinajstić information content (AvgIpc) is 2.80. The maximum atomic E-state index is 11.5. The Morgan fingerprint density at radius 1 is 0.781 bits per heavy atom. The molecule has 3 aromatic carbocycles. The van der Waals surface area contributed by atoms with E-state index in [2.05, 4.69) is 59.4 Å². The van der Waals surface area contributed by atoms with Gasteiger partial charge in [0, 0.05) is 12.3 Å². The Morgan fingerprint density at radius 2 is 1.22 bits per heavy atom. The zero-order valence-corrected chi connectivity index (χ0v) is 22.1. The van der Waals surface area contributed by atoms with E-state index in [-0.39, 0.29) is 0 Å². The van der Waals surface area contributed by atoms with Gasteiger partial charge < -0.3 is 10.5 Å². The number of sulfonamides is 1. The van der Waals surface area contributed by atoms with Gasteiger partial charge in [-0.1, -0.05) is 116 Å². The molecule has 2 atom stereocenters. The number of rotatable bonds is 6. The van der Waals surface area contributed by atoms with E-state index in [1.807, 2.05) is 78.0 Å². The SMILES string of the molecule is CS(=O)(=O)[N-][C@H](c1ccccc1)[C@H](N)c1ccccc1.Cc1ccc(C(C)C)cc1.[Cl][Ru+]. The molecule has 0 saturated carbocycles. The predicted molar refractivity (Wildman–Crippen MR) is 132 cm³/mol. The van der Waals surface area contributed by atoms with Crippen LogP contribution in [0.3, 0.4) is 0 Å². The van der Waals surface area contributed by atoms with Gasteiger partial charge in [-0.25, -0.2) is 8.42 Å². The third-order valence-electron chi connectivity index (χ3n) is 4.71. The van der Waals surface area contributed by atoms with Gasteiger partial charge in [-0.15, -0.1) is 0 Å². The van der Waals surface area contributed by atoms with Gasteiger partial charge >= 0.3 is 27.0 Å². The van der Waals surface area contributed by atoms with E-state index in [1.54, 1.807) is 0 Å². The van der Waals surface area contributed by atoms with Crippen LogP contribution in [0.4, 0.5) is 0 Å². The summed E-state index contributed by atoms with van der Waals surface area (Å²) in [7, 11) is 1.09. The number of aryl methyl sites for hydroxylation is 1. The molecule has 0 radical (unpaired) electrons. The van der Waals surface area contributed by atoms with Crippen LogP contribution in [0.1, 0.15) is 54.1 Å². The van der Waals surface area contributed by atoms with Gasteiger partial charge in [-0.3, -0.25) is 0 Å². The fourth-order valence-corrected chi connectivity index (χ4v) is 3.66. The van der Waals surface area contributed by atoms with Gasteiger partial charge in [0.1, 0.15) is 0 Å². The molecular weight excluding hydrogens is 529 g/mol. The zero-order valence-electron chi connectivity index (χ0n) is 18.8. The van der Waals surface area contributed by atoms with Crippen LogP contribution in [0.5, 0.6) is 0 Å². The second kappa shape index (κ2) is 14.6. The monoisotopic (exact) mass is 560 g/mol. The van der Waals surface area contributed by atoms with Crippen molar-refractivity contribution < 1.29 is 25.7 Å². The van der Waals surface area contributed by atoms with Crippen LogP contribution < -0.4 is 5.73 Å². The summed E-state index contributed by atoms with van der Waals surface area (Å²) in [6.07, 6.45) is 1.08. The topological polar surface area (TPSA) is 74.3 Å². The Kier molecular flexibility index (Phi) is 13.0. The average molecular weight is 560 g/mol. The molecule has 0 bridgehead atoms. The molecule has 174 valence electrons. The van der Waals surface area contributed by atoms with Crippen LogP contribution in [0.2, 0.25) is 0 Å². The first-order valence-corrected chi connectivity index (χ1v) is 14.2. The van der Waals surface area contributed by atoms with Crippen molar-refractivity contribution in [3.8, 4) is 0 Å². The molecule has 7 heteroatoms. The maximum absolute atomic E-state index is 11.5. The molecule has 0 aromatic heterocycles. The number of nitrogens with two attached hydrogens (primary N) is 1. The van der Waals surface area contributed by atoms with E-state index in [9.17, 15) is 8.42 Å². The number of nitrogens with zero attached hydrogens (tertiary/aromatic N) is 1. The van der Waals surface area contributed by atoms with E-state index >= 15 is 0 Å². The molecule has 0 aliphatic rings. The quantitative estimate of drug-likeness (QED) is 0.347. The Labute approximate surface area is 207 Å². The summed E-state index contributed by atoms with van der Waals surface area (Å²) in [4.78, 5) is 0. The Hall–Kier alpha value is -1.56. The van der Waals surface area contributed by atoms with Crippen molar-refractivity contribution in [1.82, 2.24) is 0 Å². The summed E-state index contributed by atoms with van der Waals surface area (Å²) in [5, 5.41) is 0. The van der Waals surface area contributed by atoms with Crippen molar-refractivity contribution in [2.24, 2.45) is 5.73 Å². The molecule has 0 amide bonds. The molecule has 0 aliphatic heterocycles. The Bertz CT molecular complexity index is 999. The van der Waals surface area contributed by atoms with Crippen molar-refractivity contribution >= 4 is 19.7 Å². The minimum atomic E-state index is -3.48. The molecule has 0 heterocycles. The van der Waals surface area contributed by atoms with Crippen molar-refractivity contribution in [1.29, 1.82) is 0 Å². The first-order valence-electron chi connectivity index (χ1n) is 10.1.